The fourth-order valence-electron chi connectivity index (χ4n) is 4.57. The number of carbonyl (C=O) groups excluding carboxylic acids is 2. The molecule has 0 saturated carbocycles. The van der Waals surface area contributed by atoms with Crippen molar-refractivity contribution < 1.29 is 19.2 Å². The Morgan fingerprint density at radius 3 is 2.34 bits per heavy atom. The zero-order valence-electron chi connectivity index (χ0n) is 21.9. The first-order chi connectivity index (χ1) is 18.1. The number of nitro groups is 1. The number of nitrogens with zero attached hydrogens (tertiary/aromatic N) is 4. The number of hydrogen-bond donors (Lipinski definition) is 1. The Labute approximate surface area is 221 Å². The third-order valence-corrected chi connectivity index (χ3v) is 6.43. The molecule has 38 heavy (non-hydrogen) atoms. The Morgan fingerprint density at radius 1 is 1.08 bits per heavy atom. The Hall–Kier alpha value is -4.21. The molecule has 10 heteroatoms. The van der Waals surface area contributed by atoms with Crippen LogP contribution in [0.5, 0.6) is 0 Å². The molecule has 0 spiro atoms. The second-order valence-corrected chi connectivity index (χ2v) is 10.4. The molecule has 0 atom stereocenters. The molecule has 0 aliphatic carbocycles. The highest BCUT2D eigenvalue weighted by Gasteiger charge is 2.32. The van der Waals surface area contributed by atoms with E-state index in [9.17, 15) is 19.7 Å². The lowest BCUT2D eigenvalue weighted by Gasteiger charge is -2.34. The minimum Gasteiger partial charge on any atom is -0.444 e. The lowest BCUT2D eigenvalue weighted by Crippen LogP contribution is -2.41. The summed E-state index contributed by atoms with van der Waals surface area (Å²) in [7, 11) is 0. The van der Waals surface area contributed by atoms with Gasteiger partial charge in [-0.05, 0) is 57.7 Å². The summed E-state index contributed by atoms with van der Waals surface area (Å²) in [6.07, 6.45) is 3.16. The Balaban J connectivity index is 1.55. The summed E-state index contributed by atoms with van der Waals surface area (Å²) in [5.74, 6) is -0.264. The number of rotatable bonds is 7. The highest BCUT2D eigenvalue weighted by Crippen LogP contribution is 2.33. The van der Waals surface area contributed by atoms with Crippen LogP contribution >= 0.6 is 0 Å². The second-order valence-electron chi connectivity index (χ2n) is 10.4. The fraction of sp³-hybridized carbons (Fsp3) is 0.393. The molecule has 0 radical (unpaired) electrons. The minimum absolute atomic E-state index is 0.0213. The maximum absolute atomic E-state index is 13.3. The van der Waals surface area contributed by atoms with Crippen molar-refractivity contribution in [3.8, 4) is 5.69 Å². The van der Waals surface area contributed by atoms with Crippen molar-refractivity contribution in [3.05, 3.63) is 87.7 Å². The summed E-state index contributed by atoms with van der Waals surface area (Å²) >= 11 is 0. The highest BCUT2D eigenvalue weighted by atomic mass is 16.6. The first-order valence-corrected chi connectivity index (χ1v) is 12.7. The summed E-state index contributed by atoms with van der Waals surface area (Å²) in [6, 6.07) is 16.0. The lowest BCUT2D eigenvalue weighted by atomic mass is 9.90. The number of benzene rings is 2. The van der Waals surface area contributed by atoms with E-state index in [1.165, 1.54) is 12.1 Å². The van der Waals surface area contributed by atoms with Crippen LogP contribution < -0.4 is 5.32 Å². The molecule has 10 nitrogen and oxygen atoms in total. The molecule has 1 N–H and O–H groups in total. The van der Waals surface area contributed by atoms with E-state index in [4.69, 9.17) is 4.74 Å². The summed E-state index contributed by atoms with van der Waals surface area (Å²) in [5, 5.41) is 18.6. The number of hydrogen-bond acceptors (Lipinski definition) is 6. The van der Waals surface area contributed by atoms with Gasteiger partial charge in [-0.1, -0.05) is 30.3 Å². The first-order valence-electron chi connectivity index (χ1n) is 12.7. The molecule has 200 valence electrons. The average Bonchev–Trinajstić information content (AvgIpc) is 3.34. The van der Waals surface area contributed by atoms with Gasteiger partial charge in [0, 0.05) is 37.7 Å². The fourth-order valence-corrected chi connectivity index (χ4v) is 4.57. The maximum atomic E-state index is 13.3. The van der Waals surface area contributed by atoms with Crippen LogP contribution in [0.15, 0.2) is 60.8 Å². The third-order valence-electron chi connectivity index (χ3n) is 6.43. The van der Waals surface area contributed by atoms with E-state index in [0.717, 1.165) is 11.3 Å². The van der Waals surface area contributed by atoms with Gasteiger partial charge in [0.05, 0.1) is 28.1 Å². The molecule has 4 rings (SSSR count). The minimum atomic E-state index is -0.576. The largest absolute Gasteiger partial charge is 0.444 e. The Kier molecular flexibility index (Phi) is 8.09. The number of carbonyl (C=O) groups is 2. The van der Waals surface area contributed by atoms with Crippen molar-refractivity contribution in [1.82, 2.24) is 20.0 Å². The van der Waals surface area contributed by atoms with Gasteiger partial charge in [-0.15, -0.1) is 0 Å². The Bertz CT molecular complexity index is 1270. The van der Waals surface area contributed by atoms with E-state index in [0.29, 0.717) is 50.1 Å². The predicted octanol–water partition coefficient (Wildman–Crippen LogP) is 4.87. The van der Waals surface area contributed by atoms with Gasteiger partial charge < -0.3 is 15.0 Å². The van der Waals surface area contributed by atoms with Crippen LogP contribution in [0.4, 0.5) is 10.5 Å². The van der Waals surface area contributed by atoms with Crippen molar-refractivity contribution in [2.24, 2.45) is 0 Å². The molecule has 1 aliphatic rings. The van der Waals surface area contributed by atoms with E-state index in [1.807, 2.05) is 51.1 Å². The number of ether oxygens (including phenoxy) is 1. The van der Waals surface area contributed by atoms with Crippen molar-refractivity contribution >= 4 is 17.7 Å². The summed E-state index contributed by atoms with van der Waals surface area (Å²) in [6.45, 7) is 6.96. The zero-order valence-corrected chi connectivity index (χ0v) is 21.9. The normalized spacial score (nSPS) is 14.2. The average molecular weight is 520 g/mol. The van der Waals surface area contributed by atoms with Gasteiger partial charge in [0.1, 0.15) is 5.60 Å². The zero-order chi connectivity index (χ0) is 27.3. The van der Waals surface area contributed by atoms with E-state index in [-0.39, 0.29) is 23.6 Å². The monoisotopic (exact) mass is 519 g/mol. The lowest BCUT2D eigenvalue weighted by molar-refractivity contribution is -0.384. The molecular weight excluding hydrogens is 486 g/mol. The summed E-state index contributed by atoms with van der Waals surface area (Å²) in [5.41, 5.74) is 2.36. The SMILES string of the molecule is CC(C)(C)OC(=O)N1CCC(c2c(C(=O)NCCc3ccccc3)cnn2-c2ccc([N+](=O)[O-])cc2)CC1. The van der Waals surface area contributed by atoms with Gasteiger partial charge >= 0.3 is 6.09 Å². The van der Waals surface area contributed by atoms with Crippen molar-refractivity contribution in [1.29, 1.82) is 0 Å². The third kappa shape index (κ3) is 6.56. The first kappa shape index (κ1) is 26.8. The molecule has 1 aliphatic heterocycles. The highest BCUT2D eigenvalue weighted by molar-refractivity contribution is 5.95. The van der Waals surface area contributed by atoms with Crippen molar-refractivity contribution in [2.75, 3.05) is 19.6 Å². The second kappa shape index (κ2) is 11.5. The molecule has 1 saturated heterocycles. The number of nitro benzene ring substituents is 1. The van der Waals surface area contributed by atoms with Crippen LogP contribution in [-0.4, -0.2) is 56.8 Å². The van der Waals surface area contributed by atoms with Crippen molar-refractivity contribution in [2.45, 2.75) is 51.6 Å². The van der Waals surface area contributed by atoms with Crippen LogP contribution in [0.1, 0.15) is 61.1 Å². The molecule has 2 heterocycles. The summed E-state index contributed by atoms with van der Waals surface area (Å²) < 4.78 is 7.20. The smallest absolute Gasteiger partial charge is 0.410 e. The predicted molar refractivity (Wildman–Crippen MR) is 142 cm³/mol. The molecule has 3 aromatic rings. The number of amides is 2. The van der Waals surface area contributed by atoms with Crippen LogP contribution in [0, 0.1) is 10.1 Å². The molecule has 2 aromatic carbocycles. The van der Waals surface area contributed by atoms with Gasteiger partial charge in [-0.25, -0.2) is 9.48 Å². The number of non-ortho nitro benzene ring substituents is 1. The van der Waals surface area contributed by atoms with Gasteiger partial charge in [0.25, 0.3) is 11.6 Å². The quantitative estimate of drug-likeness (QED) is 0.351. The van der Waals surface area contributed by atoms with E-state index in [2.05, 4.69) is 10.4 Å². The van der Waals surface area contributed by atoms with Gasteiger partial charge in [-0.3, -0.25) is 14.9 Å². The van der Waals surface area contributed by atoms with Crippen LogP contribution in [0.3, 0.4) is 0 Å². The molecule has 2 amide bonds. The van der Waals surface area contributed by atoms with E-state index >= 15 is 0 Å². The van der Waals surface area contributed by atoms with Gasteiger partial charge in [0.2, 0.25) is 0 Å². The Morgan fingerprint density at radius 2 is 1.74 bits per heavy atom. The van der Waals surface area contributed by atoms with E-state index in [1.54, 1.807) is 27.9 Å². The van der Waals surface area contributed by atoms with Crippen LogP contribution in [0.25, 0.3) is 5.69 Å². The number of aromatic nitrogens is 2. The number of likely N-dealkylation sites (tertiary alicyclic amines) is 1. The van der Waals surface area contributed by atoms with Crippen LogP contribution in [-0.2, 0) is 11.2 Å². The van der Waals surface area contributed by atoms with Crippen LogP contribution in [0.2, 0.25) is 0 Å². The molecule has 0 unspecified atom stereocenters. The molecule has 0 bridgehead atoms. The maximum Gasteiger partial charge on any atom is 0.410 e. The van der Waals surface area contributed by atoms with E-state index < -0.39 is 10.5 Å². The van der Waals surface area contributed by atoms with Crippen molar-refractivity contribution in [3.63, 3.8) is 0 Å². The standard InChI is InChI=1S/C28H33N5O5/c1-28(2,3)38-27(35)31-17-14-21(15-18-31)25-24(26(34)29-16-13-20-7-5-4-6-8-20)19-30-32(25)22-9-11-23(12-10-22)33(36)37/h4-12,19,21H,13-18H2,1-3H3,(H,29,34). The molecular formula is C28H33N5O5. The number of piperidine rings is 1. The summed E-state index contributed by atoms with van der Waals surface area (Å²) in [4.78, 5) is 38.2. The topological polar surface area (TPSA) is 120 Å². The number of nitrogens with one attached hydrogen (secondary N) is 1. The van der Waals surface area contributed by atoms with Gasteiger partial charge in [-0.2, -0.15) is 5.10 Å². The van der Waals surface area contributed by atoms with Gasteiger partial charge in [0.15, 0.2) is 0 Å². The molecule has 1 aromatic heterocycles. The molecule has 1 fully saturated rings.